The average molecular weight is 281 g/mol. The molecule has 1 aliphatic rings. The van der Waals surface area contributed by atoms with Crippen LogP contribution in [0.3, 0.4) is 0 Å². The molecule has 19 heavy (non-hydrogen) atoms. The van der Waals surface area contributed by atoms with Gasteiger partial charge in [0.1, 0.15) is 0 Å². The maximum Gasteiger partial charge on any atom is 0.253 e. The minimum Gasteiger partial charge on any atom is -0.398 e. The molecule has 0 bridgehead atoms. The Morgan fingerprint density at radius 1 is 1.32 bits per heavy atom. The third kappa shape index (κ3) is 4.13. The number of carbonyl (C=O) groups excluding carboxylic acids is 1. The lowest BCUT2D eigenvalue weighted by Gasteiger charge is -2.21. The van der Waals surface area contributed by atoms with E-state index in [2.05, 4.69) is 5.32 Å². The van der Waals surface area contributed by atoms with Crippen LogP contribution in [0.25, 0.3) is 0 Å². The molecule has 3 N–H and O–H groups in total. The SMILES string of the molecule is Nc1cc(Cl)ccc1C(=O)NCCC1CCCCC1. The van der Waals surface area contributed by atoms with Gasteiger partial charge in [-0.05, 0) is 30.5 Å². The van der Waals surface area contributed by atoms with Gasteiger partial charge >= 0.3 is 0 Å². The zero-order valence-corrected chi connectivity index (χ0v) is 11.9. The number of amides is 1. The fraction of sp³-hybridized carbons (Fsp3) is 0.533. The molecule has 0 unspecified atom stereocenters. The Hall–Kier alpha value is -1.22. The smallest absolute Gasteiger partial charge is 0.253 e. The van der Waals surface area contributed by atoms with E-state index in [4.69, 9.17) is 17.3 Å². The predicted octanol–water partition coefficient (Wildman–Crippen LogP) is 3.62. The van der Waals surface area contributed by atoms with Crippen molar-refractivity contribution in [3.05, 3.63) is 28.8 Å². The Balaban J connectivity index is 1.80. The van der Waals surface area contributed by atoms with Gasteiger partial charge in [0.05, 0.1) is 5.56 Å². The summed E-state index contributed by atoms with van der Waals surface area (Å²) in [5.41, 5.74) is 6.73. The minimum absolute atomic E-state index is 0.107. The molecule has 104 valence electrons. The van der Waals surface area contributed by atoms with Crippen LogP contribution in [-0.4, -0.2) is 12.5 Å². The van der Waals surface area contributed by atoms with E-state index in [0.29, 0.717) is 16.3 Å². The molecular weight excluding hydrogens is 260 g/mol. The zero-order chi connectivity index (χ0) is 13.7. The standard InChI is InChI=1S/C15H21ClN2O/c16-12-6-7-13(14(17)10-12)15(19)18-9-8-11-4-2-1-3-5-11/h6-7,10-11H,1-5,8-9,17H2,(H,18,19). The molecule has 0 heterocycles. The molecule has 1 saturated carbocycles. The lowest BCUT2D eigenvalue weighted by atomic mass is 9.87. The van der Waals surface area contributed by atoms with E-state index < -0.39 is 0 Å². The lowest BCUT2D eigenvalue weighted by molar-refractivity contribution is 0.0951. The van der Waals surface area contributed by atoms with Crippen molar-refractivity contribution < 1.29 is 4.79 Å². The number of benzene rings is 1. The number of nitrogens with two attached hydrogens (primary N) is 1. The molecule has 3 nitrogen and oxygen atoms in total. The van der Waals surface area contributed by atoms with Crippen molar-refractivity contribution in [2.45, 2.75) is 38.5 Å². The molecule has 1 amide bonds. The quantitative estimate of drug-likeness (QED) is 0.828. The highest BCUT2D eigenvalue weighted by atomic mass is 35.5. The van der Waals surface area contributed by atoms with Crippen LogP contribution in [0.4, 0.5) is 5.69 Å². The molecule has 0 saturated heterocycles. The Morgan fingerprint density at radius 2 is 2.05 bits per heavy atom. The van der Waals surface area contributed by atoms with Gasteiger partial charge in [-0.2, -0.15) is 0 Å². The number of halogens is 1. The molecule has 0 radical (unpaired) electrons. The van der Waals surface area contributed by atoms with Crippen LogP contribution in [0.15, 0.2) is 18.2 Å². The number of hydrogen-bond donors (Lipinski definition) is 2. The van der Waals surface area contributed by atoms with Crippen LogP contribution in [0.1, 0.15) is 48.9 Å². The normalized spacial score (nSPS) is 16.3. The minimum atomic E-state index is -0.107. The van der Waals surface area contributed by atoms with Gasteiger partial charge in [-0.15, -0.1) is 0 Å². The van der Waals surface area contributed by atoms with E-state index in [1.807, 2.05) is 0 Å². The van der Waals surface area contributed by atoms with E-state index >= 15 is 0 Å². The predicted molar refractivity (Wildman–Crippen MR) is 79.4 cm³/mol. The van der Waals surface area contributed by atoms with Gasteiger partial charge in [0.15, 0.2) is 0 Å². The Kier molecular flexibility index (Phi) is 5.08. The lowest BCUT2D eigenvalue weighted by Crippen LogP contribution is -2.27. The Bertz CT molecular complexity index is 442. The van der Waals surface area contributed by atoms with Crippen LogP contribution in [-0.2, 0) is 0 Å². The van der Waals surface area contributed by atoms with Crippen molar-refractivity contribution in [3.8, 4) is 0 Å². The Morgan fingerprint density at radius 3 is 2.74 bits per heavy atom. The molecular formula is C15H21ClN2O. The third-order valence-electron chi connectivity index (χ3n) is 3.82. The largest absolute Gasteiger partial charge is 0.398 e. The molecule has 0 atom stereocenters. The summed E-state index contributed by atoms with van der Waals surface area (Å²) in [5.74, 6) is 0.668. The van der Waals surface area contributed by atoms with Crippen LogP contribution < -0.4 is 11.1 Å². The second-order valence-corrected chi connectivity index (χ2v) is 5.72. The second-order valence-electron chi connectivity index (χ2n) is 5.28. The van der Waals surface area contributed by atoms with E-state index in [1.54, 1.807) is 18.2 Å². The zero-order valence-electron chi connectivity index (χ0n) is 11.1. The van der Waals surface area contributed by atoms with E-state index in [-0.39, 0.29) is 5.91 Å². The van der Waals surface area contributed by atoms with Gasteiger partial charge in [0.2, 0.25) is 0 Å². The van der Waals surface area contributed by atoms with Crippen LogP contribution in [0, 0.1) is 5.92 Å². The molecule has 1 aromatic carbocycles. The molecule has 1 aliphatic carbocycles. The summed E-state index contributed by atoms with van der Waals surface area (Å²) < 4.78 is 0. The molecule has 4 heteroatoms. The van der Waals surface area contributed by atoms with Gasteiger partial charge < -0.3 is 11.1 Å². The molecule has 2 rings (SSSR count). The monoisotopic (exact) mass is 280 g/mol. The first-order valence-corrected chi connectivity index (χ1v) is 7.38. The summed E-state index contributed by atoms with van der Waals surface area (Å²) >= 11 is 5.82. The summed E-state index contributed by atoms with van der Waals surface area (Å²) in [6.45, 7) is 0.728. The molecule has 1 aromatic rings. The topological polar surface area (TPSA) is 55.1 Å². The molecule has 0 aliphatic heterocycles. The number of carbonyl (C=O) groups is 1. The first-order chi connectivity index (χ1) is 9.16. The van der Waals surface area contributed by atoms with Crippen molar-refractivity contribution in [1.29, 1.82) is 0 Å². The second kappa shape index (κ2) is 6.80. The van der Waals surface area contributed by atoms with Gasteiger partial charge in [0.25, 0.3) is 5.91 Å². The number of anilines is 1. The van der Waals surface area contributed by atoms with Crippen molar-refractivity contribution >= 4 is 23.2 Å². The fourth-order valence-corrected chi connectivity index (χ4v) is 2.88. The average Bonchev–Trinajstić information content (AvgIpc) is 2.39. The summed E-state index contributed by atoms with van der Waals surface area (Å²) in [7, 11) is 0. The van der Waals surface area contributed by atoms with Crippen LogP contribution in [0.5, 0.6) is 0 Å². The van der Waals surface area contributed by atoms with Gasteiger partial charge in [-0.25, -0.2) is 0 Å². The van der Waals surface area contributed by atoms with E-state index in [9.17, 15) is 4.79 Å². The summed E-state index contributed by atoms with van der Waals surface area (Å²) in [5, 5.41) is 3.50. The number of nitrogen functional groups attached to an aromatic ring is 1. The fourth-order valence-electron chi connectivity index (χ4n) is 2.70. The molecule has 0 aromatic heterocycles. The maximum atomic E-state index is 12.0. The highest BCUT2D eigenvalue weighted by molar-refractivity contribution is 6.31. The highest BCUT2D eigenvalue weighted by Crippen LogP contribution is 2.25. The van der Waals surface area contributed by atoms with Gasteiger partial charge in [-0.1, -0.05) is 43.7 Å². The molecule has 1 fully saturated rings. The third-order valence-corrected chi connectivity index (χ3v) is 4.06. The van der Waals surface area contributed by atoms with Crippen LogP contribution in [0.2, 0.25) is 5.02 Å². The number of rotatable bonds is 4. The highest BCUT2D eigenvalue weighted by Gasteiger charge is 2.14. The first-order valence-electron chi connectivity index (χ1n) is 7.00. The van der Waals surface area contributed by atoms with Gasteiger partial charge in [0, 0.05) is 17.3 Å². The van der Waals surface area contributed by atoms with E-state index in [0.717, 1.165) is 18.9 Å². The number of hydrogen-bond acceptors (Lipinski definition) is 2. The Labute approximate surface area is 119 Å². The van der Waals surface area contributed by atoms with E-state index in [1.165, 1.54) is 32.1 Å². The van der Waals surface area contributed by atoms with Crippen molar-refractivity contribution in [2.75, 3.05) is 12.3 Å². The van der Waals surface area contributed by atoms with Gasteiger partial charge in [-0.3, -0.25) is 4.79 Å². The summed E-state index contributed by atoms with van der Waals surface area (Å²) in [4.78, 5) is 12.0. The maximum absolute atomic E-state index is 12.0. The first kappa shape index (κ1) is 14.2. The summed E-state index contributed by atoms with van der Waals surface area (Å²) in [6.07, 6.45) is 7.72. The molecule has 0 spiro atoms. The van der Waals surface area contributed by atoms with Crippen LogP contribution >= 0.6 is 11.6 Å². The summed E-state index contributed by atoms with van der Waals surface area (Å²) in [6, 6.07) is 4.97. The van der Waals surface area contributed by atoms with Crippen molar-refractivity contribution in [1.82, 2.24) is 5.32 Å². The number of nitrogens with one attached hydrogen (secondary N) is 1. The van der Waals surface area contributed by atoms with Crippen molar-refractivity contribution in [2.24, 2.45) is 5.92 Å². The van der Waals surface area contributed by atoms with Crippen molar-refractivity contribution in [3.63, 3.8) is 0 Å².